The average Bonchev–Trinajstić information content (AvgIpc) is 2.78. The number of aryl methyl sites for hydroxylation is 2. The van der Waals surface area contributed by atoms with Crippen LogP contribution in [0.2, 0.25) is 5.02 Å². The molecule has 1 heterocycles. The van der Waals surface area contributed by atoms with Crippen LogP contribution in [0.25, 0.3) is 0 Å². The monoisotopic (exact) mass is 469 g/mol. The molecule has 0 bridgehead atoms. The third kappa shape index (κ3) is 7.34. The maximum absolute atomic E-state index is 12.6. The predicted octanol–water partition coefficient (Wildman–Crippen LogP) is 4.80. The number of carbonyl (C=O) groups is 1. The lowest BCUT2D eigenvalue weighted by Crippen LogP contribution is -2.28. The van der Waals surface area contributed by atoms with E-state index >= 15 is 0 Å². The van der Waals surface area contributed by atoms with Gasteiger partial charge in [0.05, 0.1) is 5.69 Å². The summed E-state index contributed by atoms with van der Waals surface area (Å²) in [4.78, 5) is 22.5. The van der Waals surface area contributed by atoms with Crippen molar-refractivity contribution in [1.82, 2.24) is 20.2 Å². The predicted molar refractivity (Wildman–Crippen MR) is 129 cm³/mol. The van der Waals surface area contributed by atoms with Crippen molar-refractivity contribution >= 4 is 23.3 Å². The van der Waals surface area contributed by atoms with Crippen molar-refractivity contribution in [2.45, 2.75) is 20.4 Å². The molecule has 0 atom stereocenters. The van der Waals surface area contributed by atoms with Crippen LogP contribution in [0.1, 0.15) is 16.7 Å². The zero-order chi connectivity index (χ0) is 23.8. The lowest BCUT2D eigenvalue weighted by Gasteiger charge is -2.16. The first-order valence-corrected chi connectivity index (χ1v) is 10.9. The second kappa shape index (κ2) is 11.5. The first kappa shape index (κ1) is 24.3. The molecule has 2 amide bonds. The molecule has 2 aromatic carbocycles. The Balaban J connectivity index is 1.60. The van der Waals surface area contributed by atoms with Gasteiger partial charge in [-0.15, -0.1) is 0 Å². The molecule has 0 saturated heterocycles. The summed E-state index contributed by atoms with van der Waals surface area (Å²) in [5, 5.41) is 6.31. The minimum Gasteiger partial charge on any atom is -0.490 e. The van der Waals surface area contributed by atoms with E-state index in [9.17, 15) is 4.79 Å². The van der Waals surface area contributed by atoms with Crippen LogP contribution in [0, 0.1) is 13.8 Å². The highest BCUT2D eigenvalue weighted by atomic mass is 35.5. The van der Waals surface area contributed by atoms with Gasteiger partial charge >= 0.3 is 6.03 Å². The van der Waals surface area contributed by atoms with Crippen LogP contribution < -0.4 is 20.1 Å². The van der Waals surface area contributed by atoms with Crippen molar-refractivity contribution in [1.29, 1.82) is 0 Å². The number of carbonyl (C=O) groups excluding carboxylic acids is 1. The molecular formula is C24H28ClN5O3. The smallest absolute Gasteiger partial charge is 0.319 e. The van der Waals surface area contributed by atoms with E-state index in [-0.39, 0.29) is 6.03 Å². The van der Waals surface area contributed by atoms with Crippen LogP contribution >= 0.6 is 11.6 Å². The van der Waals surface area contributed by atoms with E-state index in [0.717, 1.165) is 23.2 Å². The molecule has 0 aliphatic carbocycles. The minimum absolute atomic E-state index is 0.340. The number of likely N-dealkylation sites (N-methyl/N-ethyl adjacent to an activating group) is 1. The zero-order valence-corrected chi connectivity index (χ0v) is 19.9. The van der Waals surface area contributed by atoms with Gasteiger partial charge in [-0.05, 0) is 56.8 Å². The van der Waals surface area contributed by atoms with Gasteiger partial charge in [0.1, 0.15) is 24.4 Å². The molecule has 0 aliphatic rings. The van der Waals surface area contributed by atoms with Crippen LogP contribution in [-0.4, -0.2) is 48.1 Å². The number of rotatable bonds is 9. The number of amides is 2. The maximum Gasteiger partial charge on any atom is 0.319 e. The number of urea groups is 1. The molecule has 2 N–H and O–H groups in total. The maximum atomic E-state index is 12.6. The normalized spacial score (nSPS) is 10.7. The quantitative estimate of drug-likeness (QED) is 0.468. The highest BCUT2D eigenvalue weighted by molar-refractivity contribution is 6.31. The second-order valence-corrected chi connectivity index (χ2v) is 8.21. The highest BCUT2D eigenvalue weighted by Crippen LogP contribution is 2.31. The van der Waals surface area contributed by atoms with Gasteiger partial charge in [-0.1, -0.05) is 23.7 Å². The van der Waals surface area contributed by atoms with E-state index in [4.69, 9.17) is 21.1 Å². The Kier molecular flexibility index (Phi) is 8.46. The third-order valence-electron chi connectivity index (χ3n) is 4.77. The van der Waals surface area contributed by atoms with E-state index in [1.54, 1.807) is 24.4 Å². The number of hydrogen-bond acceptors (Lipinski definition) is 6. The Bertz CT molecular complexity index is 1090. The molecule has 0 saturated carbocycles. The number of ether oxygens (including phenoxy) is 2. The van der Waals surface area contributed by atoms with Gasteiger partial charge in [-0.25, -0.2) is 14.8 Å². The summed E-state index contributed by atoms with van der Waals surface area (Å²) in [6.07, 6.45) is 3.05. The molecule has 174 valence electrons. The van der Waals surface area contributed by atoms with E-state index in [2.05, 4.69) is 20.6 Å². The van der Waals surface area contributed by atoms with E-state index in [0.29, 0.717) is 41.2 Å². The topological polar surface area (TPSA) is 88.6 Å². The van der Waals surface area contributed by atoms with Crippen molar-refractivity contribution in [2.75, 3.05) is 32.6 Å². The molecule has 8 nitrogen and oxygen atoms in total. The zero-order valence-electron chi connectivity index (χ0n) is 19.2. The third-order valence-corrected chi connectivity index (χ3v) is 5.17. The summed E-state index contributed by atoms with van der Waals surface area (Å²) in [5.41, 5.74) is 3.28. The van der Waals surface area contributed by atoms with Crippen molar-refractivity contribution in [3.63, 3.8) is 0 Å². The summed E-state index contributed by atoms with van der Waals surface area (Å²) < 4.78 is 11.6. The van der Waals surface area contributed by atoms with Crippen molar-refractivity contribution in [3.8, 4) is 17.4 Å². The number of halogens is 1. The number of benzene rings is 2. The van der Waals surface area contributed by atoms with Crippen molar-refractivity contribution in [2.24, 2.45) is 0 Å². The summed E-state index contributed by atoms with van der Waals surface area (Å²) in [5.74, 6) is 1.70. The van der Waals surface area contributed by atoms with Crippen LogP contribution in [0.5, 0.6) is 17.4 Å². The largest absolute Gasteiger partial charge is 0.490 e. The molecule has 1 aromatic heterocycles. The van der Waals surface area contributed by atoms with Gasteiger partial charge < -0.3 is 25.0 Å². The first-order chi connectivity index (χ1) is 15.8. The number of hydrogen-bond donors (Lipinski definition) is 2. The fraction of sp³-hybridized carbons (Fsp3) is 0.292. The summed E-state index contributed by atoms with van der Waals surface area (Å²) in [7, 11) is 3.93. The van der Waals surface area contributed by atoms with E-state index in [1.807, 2.05) is 51.0 Å². The Labute approximate surface area is 198 Å². The number of anilines is 1. The SMILES string of the molecule is Cc1cc(NC(=O)NCc2ccc(Oc3ccncn3)c(C)c2)c(OCCN(C)C)cc1Cl. The first-order valence-electron chi connectivity index (χ1n) is 10.5. The lowest BCUT2D eigenvalue weighted by molar-refractivity contribution is 0.250. The summed E-state index contributed by atoms with van der Waals surface area (Å²) >= 11 is 6.25. The molecule has 0 aliphatic heterocycles. The molecule has 0 spiro atoms. The fourth-order valence-corrected chi connectivity index (χ4v) is 3.11. The standard InChI is InChI=1S/C24H28ClN5O3/c1-16-12-20(22(13-19(16)25)32-10-9-30(3)4)29-24(31)27-14-18-5-6-21(17(2)11-18)33-23-7-8-26-15-28-23/h5-8,11-13,15H,9-10,14H2,1-4H3,(H2,27,29,31). The average molecular weight is 470 g/mol. The number of nitrogens with zero attached hydrogens (tertiary/aromatic N) is 3. The molecule has 3 aromatic rings. The fourth-order valence-electron chi connectivity index (χ4n) is 2.95. The van der Waals surface area contributed by atoms with Gasteiger partial charge in [0.25, 0.3) is 0 Å². The number of nitrogens with one attached hydrogen (secondary N) is 2. The van der Waals surface area contributed by atoms with Crippen molar-refractivity contribution in [3.05, 3.63) is 70.6 Å². The highest BCUT2D eigenvalue weighted by Gasteiger charge is 2.12. The van der Waals surface area contributed by atoms with Crippen LogP contribution in [0.3, 0.4) is 0 Å². The Morgan fingerprint density at radius 1 is 1.09 bits per heavy atom. The van der Waals surface area contributed by atoms with E-state index in [1.165, 1.54) is 6.33 Å². The minimum atomic E-state index is -0.340. The van der Waals surface area contributed by atoms with Crippen LogP contribution in [0.15, 0.2) is 48.9 Å². The lowest BCUT2D eigenvalue weighted by atomic mass is 10.1. The molecule has 9 heteroatoms. The van der Waals surface area contributed by atoms with Gasteiger partial charge in [-0.2, -0.15) is 0 Å². The second-order valence-electron chi connectivity index (χ2n) is 7.81. The molecule has 0 radical (unpaired) electrons. The number of aromatic nitrogens is 2. The van der Waals surface area contributed by atoms with Crippen LogP contribution in [-0.2, 0) is 6.54 Å². The molecule has 0 fully saturated rings. The van der Waals surface area contributed by atoms with Gasteiger partial charge in [-0.3, -0.25) is 0 Å². The Hall–Kier alpha value is -3.36. The van der Waals surface area contributed by atoms with Crippen molar-refractivity contribution < 1.29 is 14.3 Å². The van der Waals surface area contributed by atoms with Gasteiger partial charge in [0.2, 0.25) is 5.88 Å². The molecular weight excluding hydrogens is 442 g/mol. The summed E-state index contributed by atoms with van der Waals surface area (Å²) in [6, 6.07) is 10.6. The molecule has 0 unspecified atom stereocenters. The molecule has 3 rings (SSSR count). The van der Waals surface area contributed by atoms with Crippen LogP contribution in [0.4, 0.5) is 10.5 Å². The van der Waals surface area contributed by atoms with E-state index < -0.39 is 0 Å². The van der Waals surface area contributed by atoms with Gasteiger partial charge in [0, 0.05) is 36.4 Å². The summed E-state index contributed by atoms with van der Waals surface area (Å²) in [6.45, 7) is 5.39. The Morgan fingerprint density at radius 3 is 2.61 bits per heavy atom. The van der Waals surface area contributed by atoms with Gasteiger partial charge in [0.15, 0.2) is 0 Å². The molecule has 33 heavy (non-hydrogen) atoms. The Morgan fingerprint density at radius 2 is 1.91 bits per heavy atom.